The summed E-state index contributed by atoms with van der Waals surface area (Å²) in [6.45, 7) is 4.19. The summed E-state index contributed by atoms with van der Waals surface area (Å²) in [5, 5.41) is 0. The molecule has 0 radical (unpaired) electrons. The molecule has 1 aliphatic carbocycles. The molecule has 1 aliphatic rings. The Bertz CT molecular complexity index is 1230. The third-order valence-electron chi connectivity index (χ3n) is 7.92. The van der Waals surface area contributed by atoms with Crippen molar-refractivity contribution in [3.63, 3.8) is 0 Å². The molecule has 0 heterocycles. The van der Waals surface area contributed by atoms with E-state index in [0.29, 0.717) is 23.1 Å². The highest BCUT2D eigenvalue weighted by molar-refractivity contribution is 5.67. The van der Waals surface area contributed by atoms with Gasteiger partial charge in [0.15, 0.2) is 23.3 Å². The van der Waals surface area contributed by atoms with Gasteiger partial charge in [-0.05, 0) is 79.0 Å². The van der Waals surface area contributed by atoms with Crippen LogP contribution >= 0.6 is 0 Å². The van der Waals surface area contributed by atoms with Crippen LogP contribution < -0.4 is 0 Å². The molecule has 1 saturated carbocycles. The molecular weight excluding hydrogens is 484 g/mol. The first-order valence-corrected chi connectivity index (χ1v) is 14.1. The zero-order chi connectivity index (χ0) is 27.1. The number of rotatable bonds is 10. The highest BCUT2D eigenvalue weighted by atomic mass is 19.2. The van der Waals surface area contributed by atoms with Crippen LogP contribution in [0.25, 0.3) is 17.2 Å². The molecule has 38 heavy (non-hydrogen) atoms. The van der Waals surface area contributed by atoms with Gasteiger partial charge in [-0.25, -0.2) is 17.6 Å². The zero-order valence-electron chi connectivity index (χ0n) is 22.5. The number of allylic oxidation sites excluding steroid dienone is 1. The molecule has 3 aromatic carbocycles. The van der Waals surface area contributed by atoms with Crippen LogP contribution in [0.2, 0.25) is 0 Å². The predicted molar refractivity (Wildman–Crippen MR) is 149 cm³/mol. The summed E-state index contributed by atoms with van der Waals surface area (Å²) in [6.07, 6.45) is 12.1. The van der Waals surface area contributed by atoms with Crippen molar-refractivity contribution in [2.75, 3.05) is 0 Å². The van der Waals surface area contributed by atoms with Crippen molar-refractivity contribution in [3.05, 3.63) is 100 Å². The van der Waals surface area contributed by atoms with Crippen molar-refractivity contribution in [1.29, 1.82) is 0 Å². The molecule has 0 nitrogen and oxygen atoms in total. The van der Waals surface area contributed by atoms with E-state index in [-0.39, 0.29) is 23.0 Å². The third kappa shape index (κ3) is 6.57. The molecule has 1 fully saturated rings. The van der Waals surface area contributed by atoms with Crippen molar-refractivity contribution < 1.29 is 17.6 Å². The number of halogens is 4. The Morgan fingerprint density at radius 3 is 2.11 bits per heavy atom. The molecule has 0 aromatic heterocycles. The number of aryl methyl sites for hydroxylation is 2. The lowest BCUT2D eigenvalue weighted by atomic mass is 9.78. The highest BCUT2D eigenvalue weighted by Gasteiger charge is 2.25. The zero-order valence-corrected chi connectivity index (χ0v) is 22.5. The molecule has 0 aliphatic heterocycles. The largest absolute Gasteiger partial charge is 0.203 e. The number of hydrogen-bond donors (Lipinski definition) is 0. The lowest BCUT2D eigenvalue weighted by molar-refractivity contribution is 0.364. The van der Waals surface area contributed by atoms with Gasteiger partial charge in [-0.2, -0.15) is 0 Å². The topological polar surface area (TPSA) is 0 Å². The molecule has 0 amide bonds. The minimum absolute atomic E-state index is 0.0176. The Morgan fingerprint density at radius 2 is 1.42 bits per heavy atom. The molecule has 202 valence electrons. The van der Waals surface area contributed by atoms with Gasteiger partial charge in [0.05, 0.1) is 0 Å². The summed E-state index contributed by atoms with van der Waals surface area (Å²) in [4.78, 5) is 0. The van der Waals surface area contributed by atoms with Gasteiger partial charge in [0.2, 0.25) is 0 Å². The van der Waals surface area contributed by atoms with E-state index in [1.807, 2.05) is 30.3 Å². The summed E-state index contributed by atoms with van der Waals surface area (Å²) in [6, 6.07) is 14.4. The van der Waals surface area contributed by atoms with Crippen molar-refractivity contribution in [1.82, 2.24) is 0 Å². The van der Waals surface area contributed by atoms with Crippen LogP contribution in [0.15, 0.2) is 54.6 Å². The van der Waals surface area contributed by atoms with Gasteiger partial charge in [-0.1, -0.05) is 93.8 Å². The summed E-state index contributed by atoms with van der Waals surface area (Å²) < 4.78 is 59.3. The SMILES string of the molecule is CCCCCc1ccc(C2CCC(/C=C/c3ccc(-c4ccc(CCC)cc4)c(F)c3F)CC2)c(F)c1F. The number of benzene rings is 3. The Balaban J connectivity index is 1.38. The Labute approximate surface area is 224 Å². The average molecular weight is 523 g/mol. The molecule has 3 aromatic rings. The molecule has 0 unspecified atom stereocenters. The summed E-state index contributed by atoms with van der Waals surface area (Å²) >= 11 is 0. The first-order chi connectivity index (χ1) is 18.4. The summed E-state index contributed by atoms with van der Waals surface area (Å²) in [7, 11) is 0. The second-order valence-corrected chi connectivity index (χ2v) is 10.6. The van der Waals surface area contributed by atoms with Gasteiger partial charge in [0.25, 0.3) is 0 Å². The van der Waals surface area contributed by atoms with Gasteiger partial charge in [-0.3, -0.25) is 0 Å². The fourth-order valence-corrected chi connectivity index (χ4v) is 5.60. The minimum Gasteiger partial charge on any atom is -0.203 e. The van der Waals surface area contributed by atoms with E-state index in [2.05, 4.69) is 13.8 Å². The Kier molecular flexibility index (Phi) is 9.82. The lowest BCUT2D eigenvalue weighted by Gasteiger charge is -2.27. The molecule has 0 atom stereocenters. The first kappa shape index (κ1) is 28.1. The van der Waals surface area contributed by atoms with Gasteiger partial charge >= 0.3 is 0 Å². The second kappa shape index (κ2) is 13.3. The molecule has 0 saturated heterocycles. The van der Waals surface area contributed by atoms with E-state index in [0.717, 1.165) is 57.8 Å². The third-order valence-corrected chi connectivity index (χ3v) is 7.92. The second-order valence-electron chi connectivity index (χ2n) is 10.6. The fourth-order valence-electron chi connectivity index (χ4n) is 5.60. The first-order valence-electron chi connectivity index (χ1n) is 14.1. The highest BCUT2D eigenvalue weighted by Crippen LogP contribution is 2.39. The molecule has 4 rings (SSSR count). The van der Waals surface area contributed by atoms with Gasteiger partial charge in [0.1, 0.15) is 0 Å². The predicted octanol–water partition coefficient (Wildman–Crippen LogP) is 10.6. The number of unbranched alkanes of at least 4 members (excludes halogenated alkanes) is 2. The smallest absolute Gasteiger partial charge is 0.167 e. The van der Waals surface area contributed by atoms with E-state index >= 15 is 0 Å². The fraction of sp³-hybridized carbons (Fsp3) is 0.412. The van der Waals surface area contributed by atoms with E-state index < -0.39 is 23.3 Å². The van der Waals surface area contributed by atoms with Crippen LogP contribution in [-0.2, 0) is 12.8 Å². The standard InChI is InChI=1S/C34H38F4/c1-3-5-6-8-27-19-21-29(33(37)31(27)35)26-16-11-24(12-17-26)13-18-28-20-22-30(34(38)32(28)36)25-14-9-23(7-4-2)10-15-25/h9-10,13-15,18-22,24,26H,3-8,11-12,16-17H2,1-2H3/b18-13+. The summed E-state index contributed by atoms with van der Waals surface area (Å²) in [5.74, 6) is -2.90. The van der Waals surface area contributed by atoms with Crippen molar-refractivity contribution in [2.45, 2.75) is 84.0 Å². The quantitative estimate of drug-likeness (QED) is 0.183. The van der Waals surface area contributed by atoms with Gasteiger partial charge < -0.3 is 0 Å². The summed E-state index contributed by atoms with van der Waals surface area (Å²) in [5.41, 5.74) is 3.25. The Morgan fingerprint density at radius 1 is 0.684 bits per heavy atom. The van der Waals surface area contributed by atoms with Crippen LogP contribution in [-0.4, -0.2) is 0 Å². The molecule has 0 N–H and O–H groups in total. The normalized spacial score (nSPS) is 17.8. The average Bonchev–Trinajstić information content (AvgIpc) is 2.93. The van der Waals surface area contributed by atoms with Crippen LogP contribution in [0.1, 0.15) is 93.4 Å². The maximum atomic E-state index is 14.9. The van der Waals surface area contributed by atoms with Gasteiger partial charge in [-0.15, -0.1) is 0 Å². The molecule has 4 heteroatoms. The van der Waals surface area contributed by atoms with Crippen molar-refractivity contribution in [3.8, 4) is 11.1 Å². The Hall–Kier alpha value is -2.88. The maximum absolute atomic E-state index is 14.9. The van der Waals surface area contributed by atoms with Crippen molar-refractivity contribution >= 4 is 6.08 Å². The van der Waals surface area contributed by atoms with E-state index in [1.54, 1.807) is 30.3 Å². The van der Waals surface area contributed by atoms with E-state index in [1.165, 1.54) is 5.56 Å². The van der Waals surface area contributed by atoms with E-state index in [4.69, 9.17) is 0 Å². The van der Waals surface area contributed by atoms with Crippen LogP contribution in [0, 0.1) is 29.2 Å². The van der Waals surface area contributed by atoms with Crippen LogP contribution in [0.5, 0.6) is 0 Å². The van der Waals surface area contributed by atoms with Gasteiger partial charge in [0, 0.05) is 11.1 Å². The minimum atomic E-state index is -0.846. The van der Waals surface area contributed by atoms with Crippen molar-refractivity contribution in [2.24, 2.45) is 5.92 Å². The molecule has 0 spiro atoms. The molecule has 0 bridgehead atoms. The van der Waals surface area contributed by atoms with Crippen LogP contribution in [0.3, 0.4) is 0 Å². The van der Waals surface area contributed by atoms with Crippen LogP contribution in [0.4, 0.5) is 17.6 Å². The monoisotopic (exact) mass is 522 g/mol. The van der Waals surface area contributed by atoms with E-state index in [9.17, 15) is 17.6 Å². The maximum Gasteiger partial charge on any atom is 0.167 e. The lowest BCUT2D eigenvalue weighted by Crippen LogP contribution is -2.14. The molecular formula is C34H38F4. The number of hydrogen-bond acceptors (Lipinski definition) is 0.